The smallest absolute Gasteiger partial charge is 0.308 e. The first kappa shape index (κ1) is 21.2. The van der Waals surface area contributed by atoms with Crippen molar-refractivity contribution in [2.75, 3.05) is 0 Å². The number of phenols is 1. The van der Waals surface area contributed by atoms with Crippen LogP contribution in [0.1, 0.15) is 54.9 Å². The van der Waals surface area contributed by atoms with Gasteiger partial charge in [0.2, 0.25) is 11.6 Å². The third-order valence-electron chi connectivity index (χ3n) is 3.47. The molecular formula is C20H18N4O5. The lowest BCUT2D eigenvalue weighted by atomic mass is 9.99. The molecule has 2 rings (SSSR count). The van der Waals surface area contributed by atoms with Crippen molar-refractivity contribution in [2.24, 2.45) is 5.16 Å². The van der Waals surface area contributed by atoms with Crippen molar-refractivity contribution < 1.29 is 24.2 Å². The van der Waals surface area contributed by atoms with Crippen molar-refractivity contribution in [3.05, 3.63) is 58.1 Å². The number of aromatic nitrogens is 1. The molecule has 1 N–H and O–H groups in total. The molecule has 0 spiro atoms. The summed E-state index contributed by atoms with van der Waals surface area (Å²) < 4.78 is 5.77. The molecule has 0 bridgehead atoms. The molecule has 2 aromatic rings. The summed E-state index contributed by atoms with van der Waals surface area (Å²) >= 11 is 0. The summed E-state index contributed by atoms with van der Waals surface area (Å²) in [7, 11) is 0. The summed E-state index contributed by atoms with van der Waals surface area (Å²) in [5.74, 6) is -1.50. The van der Waals surface area contributed by atoms with Gasteiger partial charge in [-0.1, -0.05) is 5.16 Å². The maximum atomic E-state index is 13.0. The minimum Gasteiger partial charge on any atom is -0.618 e. The predicted molar refractivity (Wildman–Crippen MR) is 101 cm³/mol. The Labute approximate surface area is 167 Å². The van der Waals surface area contributed by atoms with E-state index in [0.29, 0.717) is 0 Å². The molecule has 0 aliphatic heterocycles. The number of oxime groups is 1. The first-order chi connectivity index (χ1) is 13.6. The zero-order chi connectivity index (χ0) is 21.8. The van der Waals surface area contributed by atoms with E-state index in [-0.39, 0.29) is 33.1 Å². The van der Waals surface area contributed by atoms with Crippen LogP contribution in [0.2, 0.25) is 0 Å². The summed E-state index contributed by atoms with van der Waals surface area (Å²) in [5, 5.41) is 44.4. The number of nitrogens with zero attached hydrogens (tertiary/aromatic N) is 4. The van der Waals surface area contributed by atoms with E-state index in [1.807, 2.05) is 0 Å². The Bertz CT molecular complexity index is 1070. The average molecular weight is 394 g/mol. The number of rotatable bonds is 4. The Morgan fingerprint density at radius 2 is 1.86 bits per heavy atom. The van der Waals surface area contributed by atoms with Gasteiger partial charge in [-0.2, -0.15) is 15.3 Å². The lowest BCUT2D eigenvalue weighted by Gasteiger charge is -2.16. The number of phenolic OH excluding ortho intramolecular Hbond substituents is 1. The van der Waals surface area contributed by atoms with Gasteiger partial charge in [-0.05, 0) is 39.0 Å². The van der Waals surface area contributed by atoms with Crippen LogP contribution in [0.4, 0.5) is 0 Å². The highest BCUT2D eigenvalue weighted by molar-refractivity contribution is 6.10. The standard InChI is InChI=1S/C20H18N4O5/c1-12(23-29-20(2,3)4)28-17-6-5-7-24(27)18(17)19(26)15-8-13(10-21)14(11-22)9-16(15)25/h5-9,25H,1-4H3. The highest BCUT2D eigenvalue weighted by atomic mass is 16.7. The van der Waals surface area contributed by atoms with Crippen LogP contribution in [0.25, 0.3) is 0 Å². The lowest BCUT2D eigenvalue weighted by molar-refractivity contribution is -0.607. The maximum absolute atomic E-state index is 13.0. The highest BCUT2D eigenvalue weighted by Gasteiger charge is 2.28. The number of carbonyl (C=O) groups excluding carboxylic acids is 1. The van der Waals surface area contributed by atoms with Crippen LogP contribution in [0, 0.1) is 27.9 Å². The fourth-order valence-electron chi connectivity index (χ4n) is 2.23. The highest BCUT2D eigenvalue weighted by Crippen LogP contribution is 2.27. The van der Waals surface area contributed by atoms with Gasteiger partial charge in [0.25, 0.3) is 5.78 Å². The Hall–Kier alpha value is -4.11. The van der Waals surface area contributed by atoms with Crippen molar-refractivity contribution in [1.82, 2.24) is 0 Å². The quantitative estimate of drug-likeness (QED) is 0.210. The molecule has 0 amide bonds. The van der Waals surface area contributed by atoms with E-state index in [1.165, 1.54) is 19.1 Å². The minimum atomic E-state index is -0.890. The molecule has 9 heteroatoms. The maximum Gasteiger partial charge on any atom is 0.308 e. The van der Waals surface area contributed by atoms with E-state index in [1.54, 1.807) is 32.9 Å². The molecule has 0 aliphatic carbocycles. The van der Waals surface area contributed by atoms with Crippen molar-refractivity contribution in [3.63, 3.8) is 0 Å². The van der Waals surface area contributed by atoms with Crippen LogP contribution < -0.4 is 9.47 Å². The predicted octanol–water partition coefficient (Wildman–Crippen LogP) is 2.53. The van der Waals surface area contributed by atoms with Gasteiger partial charge < -0.3 is 19.9 Å². The molecule has 29 heavy (non-hydrogen) atoms. The van der Waals surface area contributed by atoms with Gasteiger partial charge in [0, 0.05) is 13.0 Å². The number of ketones is 1. The zero-order valence-electron chi connectivity index (χ0n) is 16.3. The third-order valence-corrected chi connectivity index (χ3v) is 3.47. The Morgan fingerprint density at radius 1 is 1.24 bits per heavy atom. The number of aromatic hydroxyl groups is 1. The molecule has 0 saturated carbocycles. The molecule has 9 nitrogen and oxygen atoms in total. The first-order valence-corrected chi connectivity index (χ1v) is 8.42. The molecule has 1 heterocycles. The van der Waals surface area contributed by atoms with Gasteiger partial charge in [-0.15, -0.1) is 0 Å². The van der Waals surface area contributed by atoms with Crippen LogP contribution in [0.15, 0.2) is 35.6 Å². The molecule has 148 valence electrons. The van der Waals surface area contributed by atoms with Crippen LogP contribution in [-0.4, -0.2) is 22.4 Å². The first-order valence-electron chi connectivity index (χ1n) is 8.42. The van der Waals surface area contributed by atoms with Gasteiger partial charge in [0.05, 0.1) is 16.7 Å². The summed E-state index contributed by atoms with van der Waals surface area (Å²) in [6, 6.07) is 8.32. The van der Waals surface area contributed by atoms with Crippen LogP contribution in [-0.2, 0) is 4.84 Å². The second-order valence-corrected chi connectivity index (χ2v) is 6.93. The minimum absolute atomic E-state index is 0.0435. The number of nitriles is 2. The summed E-state index contributed by atoms with van der Waals surface area (Å²) in [6.45, 7) is 6.84. The number of hydrogen-bond acceptors (Lipinski definition) is 8. The topological polar surface area (TPSA) is 143 Å². The molecule has 0 unspecified atom stereocenters. The van der Waals surface area contributed by atoms with Gasteiger partial charge in [0.15, 0.2) is 6.20 Å². The number of ether oxygens (including phenoxy) is 1. The number of pyridine rings is 1. The van der Waals surface area contributed by atoms with Gasteiger partial charge >= 0.3 is 5.69 Å². The van der Waals surface area contributed by atoms with E-state index < -0.39 is 22.8 Å². The van der Waals surface area contributed by atoms with Crippen molar-refractivity contribution in [2.45, 2.75) is 33.3 Å². The number of benzene rings is 1. The van der Waals surface area contributed by atoms with Crippen LogP contribution >= 0.6 is 0 Å². The summed E-state index contributed by atoms with van der Waals surface area (Å²) in [4.78, 5) is 18.2. The molecule has 0 aliphatic rings. The molecule has 1 aromatic heterocycles. The number of carbonyl (C=O) groups is 1. The summed E-state index contributed by atoms with van der Waals surface area (Å²) in [6.07, 6.45) is 1.09. The van der Waals surface area contributed by atoms with Crippen LogP contribution in [0.3, 0.4) is 0 Å². The molecule has 0 fully saturated rings. The summed E-state index contributed by atoms with van der Waals surface area (Å²) in [5.41, 5.74) is -1.52. The van der Waals surface area contributed by atoms with E-state index in [0.717, 1.165) is 18.3 Å². The van der Waals surface area contributed by atoms with Gasteiger partial charge in [-0.3, -0.25) is 4.79 Å². The molecule has 0 atom stereocenters. The fraction of sp³-hybridized carbons (Fsp3) is 0.250. The molecule has 1 aromatic carbocycles. The Balaban J connectivity index is 2.50. The van der Waals surface area contributed by atoms with Crippen LogP contribution in [0.5, 0.6) is 11.5 Å². The molecular weight excluding hydrogens is 376 g/mol. The van der Waals surface area contributed by atoms with Crippen molar-refractivity contribution >= 4 is 11.7 Å². The molecule has 0 saturated heterocycles. The van der Waals surface area contributed by atoms with Crippen molar-refractivity contribution in [1.29, 1.82) is 10.5 Å². The fourth-order valence-corrected chi connectivity index (χ4v) is 2.23. The second-order valence-electron chi connectivity index (χ2n) is 6.93. The van der Waals surface area contributed by atoms with Gasteiger partial charge in [0.1, 0.15) is 23.5 Å². The third kappa shape index (κ3) is 4.99. The SMILES string of the molecule is CC(=NOC(C)(C)C)Oc1ccc[n+]([O-])c1C(=O)c1cc(C#N)c(C#N)cc1O. The van der Waals surface area contributed by atoms with E-state index >= 15 is 0 Å². The lowest BCUT2D eigenvalue weighted by Crippen LogP contribution is -2.35. The normalized spacial score (nSPS) is 11.3. The van der Waals surface area contributed by atoms with E-state index in [2.05, 4.69) is 5.16 Å². The largest absolute Gasteiger partial charge is 0.618 e. The zero-order valence-corrected chi connectivity index (χ0v) is 16.3. The number of hydrogen-bond donors (Lipinski definition) is 1. The average Bonchev–Trinajstić information content (AvgIpc) is 2.65. The van der Waals surface area contributed by atoms with E-state index in [9.17, 15) is 15.1 Å². The second kappa shape index (κ2) is 8.28. The molecule has 0 radical (unpaired) electrons. The van der Waals surface area contributed by atoms with Crippen molar-refractivity contribution in [3.8, 4) is 23.6 Å². The Morgan fingerprint density at radius 3 is 2.45 bits per heavy atom. The van der Waals surface area contributed by atoms with E-state index in [4.69, 9.17) is 20.1 Å². The Kier molecular flexibility index (Phi) is 6.05. The monoisotopic (exact) mass is 394 g/mol. The van der Waals surface area contributed by atoms with Gasteiger partial charge in [-0.25, -0.2) is 0 Å².